The van der Waals surface area contributed by atoms with Crippen molar-refractivity contribution in [1.82, 2.24) is 14.7 Å². The number of benzene rings is 2. The average molecular weight is 517 g/mol. The smallest absolute Gasteiger partial charge is 0.245 e. The van der Waals surface area contributed by atoms with E-state index in [1.807, 2.05) is 73.1 Å². The van der Waals surface area contributed by atoms with Crippen LogP contribution in [0.5, 0.6) is 0 Å². The zero-order chi connectivity index (χ0) is 28.0. The molecule has 204 valence electrons. The number of aromatic nitrogens is 2. The van der Waals surface area contributed by atoms with Crippen molar-refractivity contribution in [3.63, 3.8) is 0 Å². The van der Waals surface area contributed by atoms with Crippen LogP contribution in [0.2, 0.25) is 0 Å². The second kappa shape index (κ2) is 12.4. The van der Waals surface area contributed by atoms with Crippen LogP contribution in [0.3, 0.4) is 0 Å². The van der Waals surface area contributed by atoms with Crippen LogP contribution in [0.25, 0.3) is 16.8 Å². The van der Waals surface area contributed by atoms with Gasteiger partial charge in [0.25, 0.3) is 0 Å². The third-order valence-electron chi connectivity index (χ3n) is 6.48. The van der Waals surface area contributed by atoms with E-state index in [1.54, 1.807) is 4.90 Å². The molecule has 0 radical (unpaired) electrons. The molecular weight excluding hydrogens is 472 g/mol. The monoisotopic (exact) mass is 516 g/mol. The average Bonchev–Trinajstić information content (AvgIpc) is 3.13. The van der Waals surface area contributed by atoms with Crippen molar-refractivity contribution in [3.05, 3.63) is 65.9 Å². The molecular formula is C32H44N4O2. The predicted octanol–water partition coefficient (Wildman–Crippen LogP) is 7.04. The highest BCUT2D eigenvalue weighted by molar-refractivity contribution is 5.98. The number of carbonyl (C=O) groups excluding carboxylic acids is 2. The van der Waals surface area contributed by atoms with Gasteiger partial charge in [-0.15, -0.1) is 0 Å². The number of anilines is 1. The van der Waals surface area contributed by atoms with Crippen molar-refractivity contribution in [2.45, 2.75) is 68.2 Å². The van der Waals surface area contributed by atoms with E-state index in [4.69, 9.17) is 5.10 Å². The molecule has 1 atom stereocenters. The summed E-state index contributed by atoms with van der Waals surface area (Å²) in [5, 5.41) is 7.97. The van der Waals surface area contributed by atoms with Crippen molar-refractivity contribution >= 4 is 17.6 Å². The largest absolute Gasteiger partial charge is 0.333 e. The minimum atomic E-state index is -0.227. The Balaban J connectivity index is 1.92. The fourth-order valence-electron chi connectivity index (χ4n) is 5.15. The Labute approximate surface area is 228 Å². The van der Waals surface area contributed by atoms with Crippen molar-refractivity contribution in [3.8, 4) is 16.8 Å². The van der Waals surface area contributed by atoms with Crippen LogP contribution in [0.4, 0.5) is 5.82 Å². The molecule has 0 aliphatic carbocycles. The van der Waals surface area contributed by atoms with Gasteiger partial charge >= 0.3 is 0 Å². The second-order valence-electron chi connectivity index (χ2n) is 12.2. The lowest BCUT2D eigenvalue weighted by atomic mass is 9.84. The summed E-state index contributed by atoms with van der Waals surface area (Å²) in [6, 6.07) is 18.0. The van der Waals surface area contributed by atoms with Gasteiger partial charge in [0, 0.05) is 18.5 Å². The lowest BCUT2D eigenvalue weighted by Crippen LogP contribution is -2.41. The Morgan fingerprint density at radius 3 is 2.21 bits per heavy atom. The molecule has 0 aliphatic heterocycles. The number of carbonyl (C=O) groups is 2. The van der Waals surface area contributed by atoms with E-state index >= 15 is 0 Å². The maximum absolute atomic E-state index is 13.5. The minimum absolute atomic E-state index is 0.00544. The molecule has 2 amide bonds. The third kappa shape index (κ3) is 7.80. The fourth-order valence-corrected chi connectivity index (χ4v) is 5.15. The van der Waals surface area contributed by atoms with E-state index < -0.39 is 0 Å². The molecule has 6 heteroatoms. The van der Waals surface area contributed by atoms with Gasteiger partial charge in [-0.05, 0) is 54.7 Å². The van der Waals surface area contributed by atoms with Crippen LogP contribution in [0, 0.1) is 31.1 Å². The van der Waals surface area contributed by atoms with E-state index in [1.165, 1.54) is 0 Å². The number of aryl methyl sites for hydroxylation is 2. The number of amides is 2. The molecule has 1 unspecified atom stereocenters. The first kappa shape index (κ1) is 29.2. The first-order valence-corrected chi connectivity index (χ1v) is 13.6. The zero-order valence-corrected chi connectivity index (χ0v) is 24.3. The lowest BCUT2D eigenvalue weighted by Gasteiger charge is -2.28. The summed E-state index contributed by atoms with van der Waals surface area (Å²) in [5.74, 6) is 0.914. The Morgan fingerprint density at radius 2 is 1.61 bits per heavy atom. The van der Waals surface area contributed by atoms with E-state index in [2.05, 4.69) is 46.9 Å². The normalized spacial score (nSPS) is 12.4. The summed E-state index contributed by atoms with van der Waals surface area (Å²) in [5.41, 5.74) is 4.78. The van der Waals surface area contributed by atoms with Crippen LogP contribution in [-0.4, -0.2) is 39.6 Å². The third-order valence-corrected chi connectivity index (χ3v) is 6.48. The van der Waals surface area contributed by atoms with Gasteiger partial charge < -0.3 is 10.2 Å². The van der Waals surface area contributed by atoms with Gasteiger partial charge in [-0.1, -0.05) is 90.1 Å². The van der Waals surface area contributed by atoms with Crippen LogP contribution in [-0.2, 0) is 9.59 Å². The highest BCUT2D eigenvalue weighted by Crippen LogP contribution is 2.34. The Kier molecular flexibility index (Phi) is 9.53. The molecule has 0 saturated heterocycles. The van der Waals surface area contributed by atoms with Gasteiger partial charge in [-0.2, -0.15) is 5.10 Å². The zero-order valence-electron chi connectivity index (χ0n) is 24.3. The summed E-state index contributed by atoms with van der Waals surface area (Å²) >= 11 is 0. The predicted molar refractivity (Wildman–Crippen MR) is 156 cm³/mol. The number of hydrogen-bond acceptors (Lipinski definition) is 3. The molecule has 3 aromatic rings. The molecule has 1 heterocycles. The van der Waals surface area contributed by atoms with Crippen molar-refractivity contribution in [2.75, 3.05) is 18.4 Å². The van der Waals surface area contributed by atoms with Gasteiger partial charge in [0.05, 0.1) is 17.9 Å². The highest BCUT2D eigenvalue weighted by Gasteiger charge is 2.25. The SMILES string of the molecule is Cc1ccccc1-n1nc(C)c(-c2ccccc2)c1NC(=O)CN(CC(C)C)C(=O)CC(C)CC(C)(C)C. The molecule has 1 N–H and O–H groups in total. The second-order valence-corrected chi connectivity index (χ2v) is 12.2. The quantitative estimate of drug-likeness (QED) is 0.314. The van der Waals surface area contributed by atoms with Crippen molar-refractivity contribution in [1.29, 1.82) is 0 Å². The summed E-state index contributed by atoms with van der Waals surface area (Å²) < 4.78 is 1.81. The first-order valence-electron chi connectivity index (χ1n) is 13.6. The molecule has 0 spiro atoms. The summed E-state index contributed by atoms with van der Waals surface area (Å²) in [4.78, 5) is 28.6. The topological polar surface area (TPSA) is 67.2 Å². The van der Waals surface area contributed by atoms with Gasteiger partial charge in [-0.3, -0.25) is 9.59 Å². The number of hydrogen-bond donors (Lipinski definition) is 1. The van der Waals surface area contributed by atoms with Gasteiger partial charge in [-0.25, -0.2) is 4.68 Å². The fraction of sp³-hybridized carbons (Fsp3) is 0.469. The Hall–Kier alpha value is -3.41. The van der Waals surface area contributed by atoms with Crippen LogP contribution in [0.15, 0.2) is 54.6 Å². The molecule has 6 nitrogen and oxygen atoms in total. The van der Waals surface area contributed by atoms with E-state index in [-0.39, 0.29) is 35.6 Å². The molecule has 38 heavy (non-hydrogen) atoms. The van der Waals surface area contributed by atoms with E-state index in [9.17, 15) is 9.59 Å². The Bertz CT molecular complexity index is 1240. The summed E-state index contributed by atoms with van der Waals surface area (Å²) in [6.45, 7) is 17.4. The van der Waals surface area contributed by atoms with Gasteiger partial charge in [0.15, 0.2) is 0 Å². The van der Waals surface area contributed by atoms with Gasteiger partial charge in [0.1, 0.15) is 5.82 Å². The van der Waals surface area contributed by atoms with Crippen molar-refractivity contribution in [2.24, 2.45) is 17.3 Å². The molecule has 3 rings (SSSR count). The minimum Gasteiger partial charge on any atom is -0.333 e. The first-order chi connectivity index (χ1) is 17.9. The standard InChI is InChI=1S/C32H44N4O2/c1-22(2)20-35(29(38)18-23(3)19-32(6,7)8)21-28(37)33-31-30(26-15-10-9-11-16-26)25(5)34-36(31)27-17-13-12-14-24(27)4/h9-17,22-23H,18-21H2,1-8H3,(H,33,37). The molecule has 1 aromatic heterocycles. The van der Waals surface area contributed by atoms with Crippen molar-refractivity contribution < 1.29 is 9.59 Å². The number of nitrogens with one attached hydrogen (secondary N) is 1. The lowest BCUT2D eigenvalue weighted by molar-refractivity contribution is -0.136. The maximum Gasteiger partial charge on any atom is 0.245 e. The van der Waals surface area contributed by atoms with Gasteiger partial charge in [0.2, 0.25) is 11.8 Å². The highest BCUT2D eigenvalue weighted by atomic mass is 16.2. The van der Waals surface area contributed by atoms with Crippen LogP contribution >= 0.6 is 0 Å². The Morgan fingerprint density at radius 1 is 0.974 bits per heavy atom. The number of para-hydroxylation sites is 1. The molecule has 0 fully saturated rings. The van der Waals surface area contributed by atoms with Crippen LogP contribution in [0.1, 0.15) is 65.6 Å². The number of rotatable bonds is 10. The molecule has 0 aliphatic rings. The van der Waals surface area contributed by atoms with E-state index in [0.717, 1.165) is 34.5 Å². The van der Waals surface area contributed by atoms with E-state index in [0.29, 0.717) is 18.8 Å². The van der Waals surface area contributed by atoms with Crippen LogP contribution < -0.4 is 5.32 Å². The molecule has 2 aromatic carbocycles. The molecule has 0 bridgehead atoms. The summed E-state index contributed by atoms with van der Waals surface area (Å²) in [6.07, 6.45) is 1.39. The molecule has 0 saturated carbocycles. The number of nitrogens with zero attached hydrogens (tertiary/aromatic N) is 3. The summed E-state index contributed by atoms with van der Waals surface area (Å²) in [7, 11) is 0. The maximum atomic E-state index is 13.5.